The Morgan fingerprint density at radius 2 is 1.92 bits per heavy atom. The van der Waals surface area contributed by atoms with Crippen LogP contribution in [0.3, 0.4) is 0 Å². The van der Waals surface area contributed by atoms with Crippen LogP contribution in [0, 0.1) is 6.92 Å². The molecule has 2 atom stereocenters. The number of fused-ring (bicyclic) bond motifs is 1. The number of hydrogen-bond acceptors (Lipinski definition) is 3. The molecule has 1 aromatic carbocycles. The molecule has 25 heavy (non-hydrogen) atoms. The lowest BCUT2D eigenvalue weighted by atomic mass is 9.94. The van der Waals surface area contributed by atoms with Crippen molar-refractivity contribution in [1.29, 1.82) is 0 Å². The number of ether oxygens (including phenoxy) is 1. The number of benzene rings is 1. The van der Waals surface area contributed by atoms with Gasteiger partial charge in [0.25, 0.3) is 0 Å². The lowest BCUT2D eigenvalue weighted by Crippen LogP contribution is -2.49. The fraction of sp³-hybridized carbons (Fsp3) is 0.632. The summed E-state index contributed by atoms with van der Waals surface area (Å²) in [5.74, 6) is 0. The molecule has 1 aromatic heterocycles. The van der Waals surface area contributed by atoms with Gasteiger partial charge in [-0.3, -0.25) is 9.47 Å². The van der Waals surface area contributed by atoms with Crippen LogP contribution in [0.4, 0.5) is 0 Å². The van der Waals surface area contributed by atoms with Crippen molar-refractivity contribution in [2.45, 2.75) is 57.7 Å². The summed E-state index contributed by atoms with van der Waals surface area (Å²) in [7, 11) is 0. The van der Waals surface area contributed by atoms with Crippen LogP contribution in [0.15, 0.2) is 23.0 Å². The lowest BCUT2D eigenvalue weighted by Gasteiger charge is -2.44. The maximum atomic E-state index is 12.5. The zero-order valence-electron chi connectivity index (χ0n) is 15.0. The van der Waals surface area contributed by atoms with E-state index in [1.807, 2.05) is 10.6 Å². The van der Waals surface area contributed by atoms with E-state index in [1.165, 1.54) is 5.56 Å². The quantitative estimate of drug-likeness (QED) is 0.888. The Bertz CT molecular complexity index is 779. The summed E-state index contributed by atoms with van der Waals surface area (Å²) in [6.07, 6.45) is 4.36. The first-order chi connectivity index (χ1) is 11.6. The minimum absolute atomic E-state index is 0. The third-order valence-corrected chi connectivity index (χ3v) is 5.80. The summed E-state index contributed by atoms with van der Waals surface area (Å²) in [6.45, 7) is 7.24. The van der Waals surface area contributed by atoms with E-state index < -0.39 is 0 Å². The molecule has 6 heteroatoms. The van der Waals surface area contributed by atoms with Crippen LogP contribution < -0.4 is 5.69 Å². The zero-order valence-corrected chi connectivity index (χ0v) is 15.8. The number of halogens is 1. The number of H-pyrrole nitrogens is 1. The molecule has 5 nitrogen and oxygen atoms in total. The van der Waals surface area contributed by atoms with Crippen molar-refractivity contribution in [3.05, 3.63) is 34.2 Å². The van der Waals surface area contributed by atoms with Gasteiger partial charge in [-0.1, -0.05) is 6.07 Å². The predicted octanol–water partition coefficient (Wildman–Crippen LogP) is 3.26. The summed E-state index contributed by atoms with van der Waals surface area (Å²) < 4.78 is 7.50. The highest BCUT2D eigenvalue weighted by Gasteiger charge is 2.33. The SMILES string of the molecule is Cc1ccc2[nH]c(=O)n(C3CCN(C4CCOCC4)C(C)C3)c2c1.Cl. The van der Waals surface area contributed by atoms with Gasteiger partial charge in [0, 0.05) is 37.9 Å². The van der Waals surface area contributed by atoms with Crippen molar-refractivity contribution in [1.82, 2.24) is 14.5 Å². The number of hydrogen-bond donors (Lipinski definition) is 1. The molecule has 1 N–H and O–H groups in total. The number of imidazole rings is 1. The van der Waals surface area contributed by atoms with E-state index in [0.29, 0.717) is 18.1 Å². The number of aromatic nitrogens is 2. The molecule has 4 rings (SSSR count). The summed E-state index contributed by atoms with van der Waals surface area (Å²) in [6, 6.07) is 7.65. The van der Waals surface area contributed by atoms with Crippen LogP contribution in [0.1, 0.15) is 44.2 Å². The van der Waals surface area contributed by atoms with Crippen molar-refractivity contribution in [2.24, 2.45) is 0 Å². The van der Waals surface area contributed by atoms with E-state index >= 15 is 0 Å². The number of rotatable bonds is 2. The third kappa shape index (κ3) is 3.50. The van der Waals surface area contributed by atoms with Crippen molar-refractivity contribution in [3.63, 3.8) is 0 Å². The minimum atomic E-state index is 0. The fourth-order valence-electron chi connectivity index (χ4n) is 4.55. The van der Waals surface area contributed by atoms with E-state index in [0.717, 1.165) is 56.5 Å². The molecule has 0 bridgehead atoms. The van der Waals surface area contributed by atoms with Crippen LogP contribution in [-0.4, -0.2) is 46.3 Å². The minimum Gasteiger partial charge on any atom is -0.381 e. The van der Waals surface area contributed by atoms with E-state index in [2.05, 4.69) is 35.9 Å². The first-order valence-electron chi connectivity index (χ1n) is 9.18. The standard InChI is InChI=1S/C19H27N3O2.ClH/c1-13-3-4-17-18(11-13)22(19(23)20-17)16-5-8-21(14(2)12-16)15-6-9-24-10-7-15;/h3-4,11,14-16H,5-10,12H2,1-2H3,(H,20,23);1H. The van der Waals surface area contributed by atoms with Crippen molar-refractivity contribution in [2.75, 3.05) is 19.8 Å². The zero-order chi connectivity index (χ0) is 16.7. The Hall–Kier alpha value is -1.30. The number of nitrogens with one attached hydrogen (secondary N) is 1. The number of nitrogens with zero attached hydrogens (tertiary/aromatic N) is 2. The third-order valence-electron chi connectivity index (χ3n) is 5.80. The number of piperidine rings is 1. The van der Waals surface area contributed by atoms with Gasteiger partial charge in [0.1, 0.15) is 0 Å². The van der Waals surface area contributed by atoms with Crippen LogP contribution in [0.5, 0.6) is 0 Å². The molecule has 0 saturated carbocycles. The monoisotopic (exact) mass is 365 g/mol. The average molecular weight is 366 g/mol. The number of likely N-dealkylation sites (tertiary alicyclic amines) is 1. The van der Waals surface area contributed by atoms with Gasteiger partial charge >= 0.3 is 5.69 Å². The van der Waals surface area contributed by atoms with Crippen molar-refractivity contribution >= 4 is 23.4 Å². The molecule has 2 fully saturated rings. The predicted molar refractivity (Wildman–Crippen MR) is 103 cm³/mol. The van der Waals surface area contributed by atoms with E-state index in [-0.39, 0.29) is 18.1 Å². The molecular formula is C19H28ClN3O2. The van der Waals surface area contributed by atoms with Gasteiger partial charge in [-0.25, -0.2) is 4.79 Å². The van der Waals surface area contributed by atoms with Gasteiger partial charge in [0.05, 0.1) is 11.0 Å². The normalized spacial score (nSPS) is 25.8. The average Bonchev–Trinajstić information content (AvgIpc) is 2.90. The van der Waals surface area contributed by atoms with Gasteiger partial charge in [-0.05, 0) is 57.2 Å². The van der Waals surface area contributed by atoms with Gasteiger partial charge in [-0.15, -0.1) is 12.4 Å². The second-order valence-corrected chi connectivity index (χ2v) is 7.43. The number of aromatic amines is 1. The molecule has 2 saturated heterocycles. The molecule has 2 aliphatic rings. The van der Waals surface area contributed by atoms with Gasteiger partial charge in [0.15, 0.2) is 0 Å². The molecule has 138 valence electrons. The summed E-state index contributed by atoms with van der Waals surface area (Å²) >= 11 is 0. The van der Waals surface area contributed by atoms with Crippen LogP contribution in [0.2, 0.25) is 0 Å². The second kappa shape index (κ2) is 7.52. The molecular weight excluding hydrogens is 338 g/mol. The highest BCUT2D eigenvalue weighted by atomic mass is 35.5. The maximum absolute atomic E-state index is 12.5. The van der Waals surface area contributed by atoms with Crippen LogP contribution >= 0.6 is 12.4 Å². The summed E-state index contributed by atoms with van der Waals surface area (Å²) in [5, 5.41) is 0. The lowest BCUT2D eigenvalue weighted by molar-refractivity contribution is 0.00107. The molecule has 0 amide bonds. The topological polar surface area (TPSA) is 50.3 Å². The Morgan fingerprint density at radius 3 is 2.64 bits per heavy atom. The Morgan fingerprint density at radius 1 is 1.16 bits per heavy atom. The second-order valence-electron chi connectivity index (χ2n) is 7.43. The molecule has 2 aliphatic heterocycles. The highest BCUT2D eigenvalue weighted by Crippen LogP contribution is 2.31. The fourth-order valence-corrected chi connectivity index (χ4v) is 4.55. The molecule has 2 unspecified atom stereocenters. The Labute approximate surface area is 154 Å². The van der Waals surface area contributed by atoms with E-state index in [1.54, 1.807) is 0 Å². The number of aryl methyl sites for hydroxylation is 1. The van der Waals surface area contributed by atoms with Crippen molar-refractivity contribution in [3.8, 4) is 0 Å². The molecule has 0 spiro atoms. The van der Waals surface area contributed by atoms with Gasteiger partial charge < -0.3 is 9.72 Å². The smallest absolute Gasteiger partial charge is 0.326 e. The highest BCUT2D eigenvalue weighted by molar-refractivity contribution is 5.85. The summed E-state index contributed by atoms with van der Waals surface area (Å²) in [4.78, 5) is 18.2. The Balaban J connectivity index is 0.00000182. The first kappa shape index (κ1) is 18.5. The van der Waals surface area contributed by atoms with Gasteiger partial charge in [-0.2, -0.15) is 0 Å². The van der Waals surface area contributed by atoms with Crippen LogP contribution in [-0.2, 0) is 4.74 Å². The van der Waals surface area contributed by atoms with Crippen LogP contribution in [0.25, 0.3) is 11.0 Å². The largest absolute Gasteiger partial charge is 0.381 e. The molecule has 2 aromatic rings. The molecule has 0 aliphatic carbocycles. The summed E-state index contributed by atoms with van der Waals surface area (Å²) in [5.41, 5.74) is 3.23. The van der Waals surface area contributed by atoms with Crippen molar-refractivity contribution < 1.29 is 4.74 Å². The Kier molecular flexibility index (Phi) is 5.56. The van der Waals surface area contributed by atoms with E-state index in [9.17, 15) is 4.79 Å². The van der Waals surface area contributed by atoms with Gasteiger partial charge in [0.2, 0.25) is 0 Å². The maximum Gasteiger partial charge on any atom is 0.326 e. The molecule has 0 radical (unpaired) electrons. The molecule has 3 heterocycles. The van der Waals surface area contributed by atoms with E-state index in [4.69, 9.17) is 4.74 Å². The first-order valence-corrected chi connectivity index (χ1v) is 9.18.